The highest BCUT2D eigenvalue weighted by molar-refractivity contribution is 7.92. The number of amides is 3. The first-order chi connectivity index (χ1) is 36.2. The summed E-state index contributed by atoms with van der Waals surface area (Å²) in [4.78, 5) is 65.3. The van der Waals surface area contributed by atoms with Crippen molar-refractivity contribution >= 4 is 61.6 Å². The second-order valence-electron chi connectivity index (χ2n) is 18.6. The van der Waals surface area contributed by atoms with Gasteiger partial charge in [-0.1, -0.05) is 19.1 Å². The fourth-order valence-electron chi connectivity index (χ4n) is 9.03. The van der Waals surface area contributed by atoms with Crippen molar-refractivity contribution < 1.29 is 36.7 Å². The smallest absolute Gasteiger partial charge is 0.328 e. The average molecular weight is 1040 g/mol. The van der Waals surface area contributed by atoms with Crippen LogP contribution in [-0.4, -0.2) is 109 Å². The van der Waals surface area contributed by atoms with Crippen LogP contribution in [0.15, 0.2) is 113 Å². The number of ether oxygens (including phenoxy) is 2. The monoisotopic (exact) mass is 1040 g/mol. The molecule has 0 bridgehead atoms. The number of anilines is 3. The number of benzene rings is 4. The molecule has 0 radical (unpaired) electrons. The molecule has 3 amide bonds. The Morgan fingerprint density at radius 3 is 2.36 bits per heavy atom. The zero-order chi connectivity index (χ0) is 52.4. The zero-order valence-electron chi connectivity index (χ0n) is 41.5. The number of H-pyrrole nitrogens is 1. The van der Waals surface area contributed by atoms with Gasteiger partial charge in [0.15, 0.2) is 17.2 Å². The molecular weight excluding hydrogens is 984 g/mol. The number of rotatable bonds is 19. The number of carbonyl (C=O) groups excluding carboxylic acids is 3. The van der Waals surface area contributed by atoms with Gasteiger partial charge in [0.2, 0.25) is 5.91 Å². The number of aromatic amines is 1. The molecule has 22 heteroatoms. The fraction of sp³-hybridized carbons (Fsp3) is 0.302. The van der Waals surface area contributed by atoms with Crippen molar-refractivity contribution in [1.29, 1.82) is 0 Å². The minimum atomic E-state index is -4.30. The molecule has 388 valence electrons. The summed E-state index contributed by atoms with van der Waals surface area (Å²) in [5.41, 5.74) is 4.26. The highest BCUT2D eigenvalue weighted by Crippen LogP contribution is 2.41. The third kappa shape index (κ3) is 10.8. The largest absolute Gasteiger partial charge is 0.493 e. The molecule has 5 heterocycles. The lowest BCUT2D eigenvalue weighted by Crippen LogP contribution is -2.50. The molecule has 1 aliphatic heterocycles. The molecule has 1 aliphatic carbocycles. The molecule has 4 aromatic carbocycles. The maximum Gasteiger partial charge on any atom is 0.328 e. The van der Waals surface area contributed by atoms with E-state index < -0.39 is 21.7 Å². The van der Waals surface area contributed by atoms with E-state index in [4.69, 9.17) is 14.5 Å². The van der Waals surface area contributed by atoms with Crippen molar-refractivity contribution in [2.24, 2.45) is 14.1 Å². The normalized spacial score (nSPS) is 13.8. The summed E-state index contributed by atoms with van der Waals surface area (Å²) in [5, 5.41) is 12.8. The lowest BCUT2D eigenvalue weighted by atomic mass is 10.1. The van der Waals surface area contributed by atoms with Gasteiger partial charge in [0, 0.05) is 100 Å². The number of hydrogen-bond donors (Lipinski definition) is 4. The van der Waals surface area contributed by atoms with Gasteiger partial charge in [-0.15, -0.1) is 0 Å². The van der Waals surface area contributed by atoms with Crippen LogP contribution in [0, 0.1) is 5.82 Å². The summed E-state index contributed by atoms with van der Waals surface area (Å²) in [7, 11) is -1.11. The molecular formula is C53H55FN12O8S. The third-order valence-corrected chi connectivity index (χ3v) is 14.7. The minimum absolute atomic E-state index is 0.0674. The van der Waals surface area contributed by atoms with E-state index in [0.29, 0.717) is 72.5 Å². The van der Waals surface area contributed by atoms with Gasteiger partial charge in [0.1, 0.15) is 17.3 Å². The Morgan fingerprint density at radius 2 is 1.61 bits per heavy atom. The lowest BCUT2D eigenvalue weighted by molar-refractivity contribution is -0.132. The molecule has 10 rings (SSSR count). The van der Waals surface area contributed by atoms with Gasteiger partial charge < -0.3 is 29.9 Å². The molecule has 20 nitrogen and oxygen atoms in total. The van der Waals surface area contributed by atoms with Crippen molar-refractivity contribution in [3.63, 3.8) is 0 Å². The van der Waals surface area contributed by atoms with E-state index in [1.807, 2.05) is 17.5 Å². The van der Waals surface area contributed by atoms with Crippen molar-refractivity contribution in [2.45, 2.75) is 56.3 Å². The second kappa shape index (κ2) is 21.1. The summed E-state index contributed by atoms with van der Waals surface area (Å²) in [6.45, 7) is 3.93. The molecule has 0 unspecified atom stereocenters. The van der Waals surface area contributed by atoms with Crippen LogP contribution in [0.2, 0.25) is 0 Å². The Labute approximate surface area is 430 Å². The van der Waals surface area contributed by atoms with Gasteiger partial charge in [-0.25, -0.2) is 27.6 Å². The minimum Gasteiger partial charge on any atom is -0.493 e. The van der Waals surface area contributed by atoms with Crippen molar-refractivity contribution in [1.82, 2.24) is 48.8 Å². The van der Waals surface area contributed by atoms with Gasteiger partial charge in [-0.3, -0.25) is 37.7 Å². The summed E-state index contributed by atoms with van der Waals surface area (Å²) in [6, 6.07) is 20.0. The summed E-state index contributed by atoms with van der Waals surface area (Å²) in [6.07, 6.45) is 11.2. The highest BCUT2D eigenvalue weighted by Gasteiger charge is 2.29. The topological polar surface area (TPSA) is 232 Å². The summed E-state index contributed by atoms with van der Waals surface area (Å²) in [5.74, 6) is 0.273. The van der Waals surface area contributed by atoms with E-state index in [-0.39, 0.29) is 76.7 Å². The van der Waals surface area contributed by atoms with Crippen molar-refractivity contribution in [3.8, 4) is 28.5 Å². The first-order valence-corrected chi connectivity index (χ1v) is 26.2. The Morgan fingerprint density at radius 1 is 0.853 bits per heavy atom. The first kappa shape index (κ1) is 50.0. The molecule has 4 N–H and O–H groups in total. The van der Waals surface area contributed by atoms with Gasteiger partial charge in [0.05, 0.1) is 57.7 Å². The number of nitrogens with one attached hydrogen (secondary N) is 4. The number of fused-ring (bicyclic) bond motifs is 2. The van der Waals surface area contributed by atoms with E-state index in [2.05, 4.69) is 30.5 Å². The molecule has 1 saturated heterocycles. The van der Waals surface area contributed by atoms with Crippen molar-refractivity contribution in [3.05, 3.63) is 137 Å². The van der Waals surface area contributed by atoms with Crippen LogP contribution < -0.4 is 30.5 Å². The molecule has 8 aromatic rings. The maximum absolute atomic E-state index is 15.7. The van der Waals surface area contributed by atoms with Crippen LogP contribution in [0.25, 0.3) is 27.9 Å². The number of piperazine rings is 1. The van der Waals surface area contributed by atoms with Crippen LogP contribution in [-0.2, 0) is 28.9 Å². The number of hydrogen-bond acceptors (Lipinski definition) is 12. The highest BCUT2D eigenvalue weighted by atomic mass is 32.2. The van der Waals surface area contributed by atoms with Gasteiger partial charge in [-0.05, 0) is 86.7 Å². The number of unbranched alkanes of at least 4 members (excludes halogenated alkanes) is 1. The SMILES string of the molecule is CCCOc1cccc(Oc2cc3c(cc2NS(=O)(=O)c2cccc(C(=O)NCCCCC(=O)N4CCN(C(=O)c5ccc(Nc6nc(C7CC7)cn7c(-c8cn[nH]c8)cnc67)c(F)c5)CC4)c2)n(C)c(=O)n3C)c1. The molecule has 75 heavy (non-hydrogen) atoms. The quantitative estimate of drug-likeness (QED) is 0.0583. The number of nitrogens with zero attached hydrogens (tertiary/aromatic N) is 8. The van der Waals surface area contributed by atoms with Crippen LogP contribution in [0.5, 0.6) is 17.2 Å². The standard InChI is InChI=1S/C53H55FN12O8S/c1-4-23-73-37-10-8-11-38(26-37)74-47-28-45-44(62(2)53(70)63(45)3)27-42(47)61-75(71,72)39-12-7-9-34(24-39)51(68)55-18-6-5-13-48(67)64-19-21-65(22-20-64)52(69)35-16-17-41(40(54)25-35)59-49-50-56-31-46(36-29-57-58-30-36)66(50)32-43(60-49)33-14-15-33/h7-12,16-17,24-33,61H,4-6,13-15,18-23H2,1-3H3,(H,55,68)(H,57,58)(H,59,60). The number of imidazole rings is 2. The van der Waals surface area contributed by atoms with E-state index in [0.717, 1.165) is 36.2 Å². The molecule has 2 aliphatic rings. The van der Waals surface area contributed by atoms with E-state index in [1.54, 1.807) is 78.9 Å². The summed E-state index contributed by atoms with van der Waals surface area (Å²) >= 11 is 0. The van der Waals surface area contributed by atoms with Gasteiger partial charge >= 0.3 is 5.69 Å². The second-order valence-corrected chi connectivity index (χ2v) is 20.3. The molecule has 0 spiro atoms. The van der Waals surface area contributed by atoms with Crippen LogP contribution in [0.1, 0.15) is 77.8 Å². The van der Waals surface area contributed by atoms with Crippen LogP contribution >= 0.6 is 0 Å². The predicted molar refractivity (Wildman–Crippen MR) is 279 cm³/mol. The van der Waals surface area contributed by atoms with E-state index in [1.165, 1.54) is 51.6 Å². The van der Waals surface area contributed by atoms with E-state index in [9.17, 15) is 27.6 Å². The fourth-order valence-corrected chi connectivity index (χ4v) is 10.1. The molecule has 2 fully saturated rings. The molecule has 0 atom stereocenters. The van der Waals surface area contributed by atoms with Gasteiger partial charge in [0.25, 0.3) is 21.8 Å². The van der Waals surface area contributed by atoms with Crippen LogP contribution in [0.3, 0.4) is 0 Å². The van der Waals surface area contributed by atoms with E-state index >= 15 is 4.39 Å². The summed E-state index contributed by atoms with van der Waals surface area (Å²) < 4.78 is 62.9. The Balaban J connectivity index is 0.700. The number of aromatic nitrogens is 7. The number of carbonyl (C=O) groups is 3. The molecule has 1 saturated carbocycles. The maximum atomic E-state index is 15.7. The lowest BCUT2D eigenvalue weighted by Gasteiger charge is -2.35. The number of halogens is 1. The Kier molecular flexibility index (Phi) is 14.1. The van der Waals surface area contributed by atoms with Crippen LogP contribution in [0.4, 0.5) is 21.6 Å². The Bertz CT molecular complexity index is 3640. The first-order valence-electron chi connectivity index (χ1n) is 24.8. The Hall–Kier alpha value is -8.53. The number of sulfonamides is 1. The average Bonchev–Trinajstić information content (AvgIpc) is 3.88. The predicted octanol–water partition coefficient (Wildman–Crippen LogP) is 7.34. The van der Waals surface area contributed by atoms with Gasteiger partial charge in [-0.2, -0.15) is 5.10 Å². The zero-order valence-corrected chi connectivity index (χ0v) is 42.3. The third-order valence-electron chi connectivity index (χ3n) is 13.3. The van der Waals surface area contributed by atoms with Crippen molar-refractivity contribution in [2.75, 3.05) is 49.4 Å². The molecule has 4 aromatic heterocycles. The number of aryl methyl sites for hydroxylation is 2.